The fourth-order valence-electron chi connectivity index (χ4n) is 1.46. The summed E-state index contributed by atoms with van der Waals surface area (Å²) in [5.41, 5.74) is 0.650. The quantitative estimate of drug-likeness (QED) is 0.747. The maximum Gasteiger partial charge on any atom is 0.203 e. The van der Waals surface area contributed by atoms with Crippen molar-refractivity contribution >= 4 is 28.7 Å². The zero-order valence-electron chi connectivity index (χ0n) is 8.87. The molecule has 0 N–H and O–H groups in total. The molecule has 82 valence electrons. The molecule has 16 heavy (non-hydrogen) atoms. The maximum atomic E-state index is 12.1. The van der Waals surface area contributed by atoms with Crippen molar-refractivity contribution in [2.45, 2.75) is 13.3 Å². The highest BCUT2D eigenvalue weighted by Gasteiger charge is 2.11. The molecule has 1 nitrogen and oxygen atoms in total. The van der Waals surface area contributed by atoms with Crippen LogP contribution in [0, 0.1) is 0 Å². The average Bonchev–Trinajstić information content (AvgIpc) is 2.76. The molecule has 1 aromatic heterocycles. The summed E-state index contributed by atoms with van der Waals surface area (Å²) < 4.78 is 0. The fourth-order valence-corrected chi connectivity index (χ4v) is 2.56. The Bertz CT molecular complexity index is 516. The van der Waals surface area contributed by atoms with Crippen LogP contribution in [0.25, 0.3) is 0 Å². The predicted molar refractivity (Wildman–Crippen MR) is 68.6 cm³/mol. The van der Waals surface area contributed by atoms with Gasteiger partial charge in [-0.2, -0.15) is 0 Å². The number of ketones is 1. The van der Waals surface area contributed by atoms with E-state index in [4.69, 9.17) is 11.6 Å². The van der Waals surface area contributed by atoms with Crippen LogP contribution in [0.2, 0.25) is 5.02 Å². The van der Waals surface area contributed by atoms with Crippen molar-refractivity contribution in [3.63, 3.8) is 0 Å². The van der Waals surface area contributed by atoms with E-state index >= 15 is 0 Å². The second-order valence-electron chi connectivity index (χ2n) is 3.46. The number of carbonyl (C=O) groups is 1. The lowest BCUT2D eigenvalue weighted by atomic mass is 10.1. The van der Waals surface area contributed by atoms with Crippen molar-refractivity contribution in [2.75, 3.05) is 0 Å². The summed E-state index contributed by atoms with van der Waals surface area (Å²) in [5.74, 6) is 0.0483. The molecule has 0 spiro atoms. The maximum absolute atomic E-state index is 12.1. The van der Waals surface area contributed by atoms with Gasteiger partial charge in [0.1, 0.15) is 0 Å². The van der Waals surface area contributed by atoms with Gasteiger partial charge in [0.25, 0.3) is 0 Å². The Morgan fingerprint density at radius 1 is 1.31 bits per heavy atom. The zero-order valence-corrected chi connectivity index (χ0v) is 10.4. The summed E-state index contributed by atoms with van der Waals surface area (Å²) in [4.78, 5) is 14.1. The number of halogens is 1. The first kappa shape index (κ1) is 11.4. The number of aryl methyl sites for hydroxylation is 1. The van der Waals surface area contributed by atoms with Crippen molar-refractivity contribution in [1.82, 2.24) is 0 Å². The molecule has 0 atom stereocenters. The molecule has 1 aromatic carbocycles. The molecule has 0 aliphatic rings. The van der Waals surface area contributed by atoms with Crippen LogP contribution in [-0.4, -0.2) is 5.78 Å². The van der Waals surface area contributed by atoms with E-state index in [1.807, 2.05) is 12.1 Å². The van der Waals surface area contributed by atoms with Gasteiger partial charge in [0.05, 0.1) is 4.88 Å². The van der Waals surface area contributed by atoms with Crippen LogP contribution in [0.5, 0.6) is 0 Å². The van der Waals surface area contributed by atoms with Gasteiger partial charge in [0.2, 0.25) is 5.78 Å². The highest BCUT2D eigenvalue weighted by molar-refractivity contribution is 7.14. The van der Waals surface area contributed by atoms with Crippen molar-refractivity contribution < 1.29 is 4.79 Å². The molecule has 0 bridgehead atoms. The van der Waals surface area contributed by atoms with Gasteiger partial charge in [-0.15, -0.1) is 11.3 Å². The third-order valence-corrected chi connectivity index (χ3v) is 3.78. The lowest BCUT2D eigenvalue weighted by molar-refractivity contribution is 0.104. The predicted octanol–water partition coefficient (Wildman–Crippen LogP) is 4.19. The molecular formula is C13H11ClOS. The van der Waals surface area contributed by atoms with Gasteiger partial charge >= 0.3 is 0 Å². The topological polar surface area (TPSA) is 17.1 Å². The Hall–Kier alpha value is -1.12. The number of benzene rings is 1. The molecular weight excluding hydrogens is 240 g/mol. The van der Waals surface area contributed by atoms with Crippen molar-refractivity contribution in [2.24, 2.45) is 0 Å². The molecule has 2 rings (SSSR count). The van der Waals surface area contributed by atoms with Gasteiger partial charge in [0.15, 0.2) is 0 Å². The van der Waals surface area contributed by atoms with Crippen molar-refractivity contribution in [3.8, 4) is 0 Å². The molecule has 2 aromatic rings. The van der Waals surface area contributed by atoms with Gasteiger partial charge in [-0.3, -0.25) is 4.79 Å². The third-order valence-electron chi connectivity index (χ3n) is 2.32. The summed E-state index contributed by atoms with van der Waals surface area (Å²) in [7, 11) is 0. The molecule has 0 saturated heterocycles. The Morgan fingerprint density at radius 2 is 2.12 bits per heavy atom. The summed E-state index contributed by atoms with van der Waals surface area (Å²) in [6, 6.07) is 10.9. The number of carbonyl (C=O) groups excluding carboxylic acids is 1. The third kappa shape index (κ3) is 2.34. The normalized spacial score (nSPS) is 10.4. The van der Waals surface area contributed by atoms with E-state index in [1.165, 1.54) is 4.88 Å². The molecule has 0 saturated carbocycles. The number of hydrogen-bond donors (Lipinski definition) is 0. The summed E-state index contributed by atoms with van der Waals surface area (Å²) in [6.45, 7) is 2.08. The molecule has 1 heterocycles. The molecule has 0 amide bonds. The van der Waals surface area contributed by atoms with Gasteiger partial charge < -0.3 is 0 Å². The van der Waals surface area contributed by atoms with Crippen LogP contribution in [0.3, 0.4) is 0 Å². The van der Waals surface area contributed by atoms with Gasteiger partial charge in [-0.25, -0.2) is 0 Å². The SMILES string of the molecule is CCc1ccc(C(=O)c2cccc(Cl)c2)s1. The Labute approximate surface area is 104 Å². The van der Waals surface area contributed by atoms with Gasteiger partial charge in [-0.05, 0) is 30.7 Å². The Balaban J connectivity index is 2.31. The molecule has 0 aliphatic carbocycles. The summed E-state index contributed by atoms with van der Waals surface area (Å²) >= 11 is 7.41. The van der Waals surface area contributed by atoms with Crippen LogP contribution in [-0.2, 0) is 6.42 Å². The number of rotatable bonds is 3. The first-order valence-corrected chi connectivity index (χ1v) is 6.29. The van der Waals surface area contributed by atoms with Crippen molar-refractivity contribution in [3.05, 3.63) is 56.7 Å². The van der Waals surface area contributed by atoms with E-state index in [2.05, 4.69) is 6.92 Å². The van der Waals surface area contributed by atoms with Crippen LogP contribution in [0.1, 0.15) is 27.0 Å². The zero-order chi connectivity index (χ0) is 11.5. The van der Waals surface area contributed by atoms with Crippen LogP contribution in [0.15, 0.2) is 36.4 Å². The summed E-state index contributed by atoms with van der Waals surface area (Å²) in [5, 5.41) is 0.595. The molecule has 0 unspecified atom stereocenters. The highest BCUT2D eigenvalue weighted by Crippen LogP contribution is 2.21. The molecule has 0 aliphatic heterocycles. The minimum Gasteiger partial charge on any atom is -0.288 e. The average molecular weight is 251 g/mol. The van der Waals surface area contributed by atoms with E-state index in [0.717, 1.165) is 11.3 Å². The molecule has 0 fully saturated rings. The fraction of sp³-hybridized carbons (Fsp3) is 0.154. The Kier molecular flexibility index (Phi) is 3.42. The van der Waals surface area contributed by atoms with Crippen LogP contribution >= 0.6 is 22.9 Å². The Morgan fingerprint density at radius 3 is 2.75 bits per heavy atom. The highest BCUT2D eigenvalue weighted by atomic mass is 35.5. The first-order chi connectivity index (χ1) is 7.70. The minimum atomic E-state index is 0.0483. The van der Waals surface area contributed by atoms with Gasteiger partial charge in [-0.1, -0.05) is 30.7 Å². The lowest BCUT2D eigenvalue weighted by Crippen LogP contribution is -1.97. The first-order valence-electron chi connectivity index (χ1n) is 5.09. The smallest absolute Gasteiger partial charge is 0.203 e. The minimum absolute atomic E-state index is 0.0483. The molecule has 3 heteroatoms. The van der Waals surface area contributed by atoms with E-state index in [9.17, 15) is 4.79 Å². The standard InChI is InChI=1S/C13H11ClOS/c1-2-11-6-7-12(16-11)13(15)9-4-3-5-10(14)8-9/h3-8H,2H2,1H3. The van der Waals surface area contributed by atoms with Crippen LogP contribution < -0.4 is 0 Å². The number of thiophene rings is 1. The second kappa shape index (κ2) is 4.81. The van der Waals surface area contributed by atoms with E-state index in [1.54, 1.807) is 35.6 Å². The van der Waals surface area contributed by atoms with Gasteiger partial charge in [0, 0.05) is 15.5 Å². The van der Waals surface area contributed by atoms with Crippen molar-refractivity contribution in [1.29, 1.82) is 0 Å². The number of hydrogen-bond acceptors (Lipinski definition) is 2. The molecule has 0 radical (unpaired) electrons. The largest absolute Gasteiger partial charge is 0.288 e. The monoisotopic (exact) mass is 250 g/mol. The van der Waals surface area contributed by atoms with E-state index in [0.29, 0.717) is 10.6 Å². The van der Waals surface area contributed by atoms with Crippen LogP contribution in [0.4, 0.5) is 0 Å². The lowest BCUT2D eigenvalue weighted by Gasteiger charge is -1.98. The van der Waals surface area contributed by atoms with E-state index in [-0.39, 0.29) is 5.78 Å². The summed E-state index contributed by atoms with van der Waals surface area (Å²) in [6.07, 6.45) is 0.966. The van der Waals surface area contributed by atoms with E-state index < -0.39 is 0 Å². The second-order valence-corrected chi connectivity index (χ2v) is 5.06.